The minimum Gasteiger partial charge on any atom is -0.478 e. The van der Waals surface area contributed by atoms with Crippen molar-refractivity contribution in [2.75, 3.05) is 13.2 Å². The van der Waals surface area contributed by atoms with Crippen molar-refractivity contribution in [1.82, 2.24) is 0 Å². The van der Waals surface area contributed by atoms with Crippen LogP contribution in [0.5, 0.6) is 0 Å². The summed E-state index contributed by atoms with van der Waals surface area (Å²) in [4.78, 5) is 19.3. The van der Waals surface area contributed by atoms with Gasteiger partial charge in [-0.15, -0.1) is 0 Å². The third-order valence-corrected chi connectivity index (χ3v) is 0.903. The predicted octanol–water partition coefficient (Wildman–Crippen LogP) is 0.800. The molecule has 0 atom stereocenters. The summed E-state index contributed by atoms with van der Waals surface area (Å²) in [6.45, 7) is 3.99. The number of carbonyl (C=O) groups is 2. The maximum Gasteiger partial charge on any atom is 0.508 e. The Balaban J connectivity index is 0.000000217. The zero-order chi connectivity index (χ0) is 9.40. The molecule has 0 saturated carbocycles. The summed E-state index contributed by atoms with van der Waals surface area (Å²) in [5.41, 5.74) is 0. The smallest absolute Gasteiger partial charge is 0.478 e. The van der Waals surface area contributed by atoms with Gasteiger partial charge < -0.3 is 14.6 Å². The molecule has 5 heteroatoms. The number of ether oxygens (including phenoxy) is 2. The molecule has 12 heavy (non-hydrogen) atoms. The maximum absolute atomic E-state index is 10.0. The molecule has 0 amide bonds. The number of hydrogen-bond acceptors (Lipinski definition) is 4. The van der Waals surface area contributed by atoms with E-state index in [4.69, 9.17) is 5.11 Å². The Bertz CT molecular complexity index is 167. The van der Waals surface area contributed by atoms with Gasteiger partial charge in [0, 0.05) is 12.5 Å². The molecule has 1 aliphatic rings. The van der Waals surface area contributed by atoms with Gasteiger partial charge in [-0.1, -0.05) is 6.58 Å². The van der Waals surface area contributed by atoms with E-state index in [2.05, 4.69) is 16.1 Å². The molecule has 1 fully saturated rings. The van der Waals surface area contributed by atoms with Crippen molar-refractivity contribution in [1.29, 1.82) is 0 Å². The first-order valence-electron chi connectivity index (χ1n) is 3.31. The average molecular weight is 174 g/mol. The van der Waals surface area contributed by atoms with E-state index in [0.717, 1.165) is 12.5 Å². The van der Waals surface area contributed by atoms with E-state index in [0.29, 0.717) is 13.2 Å². The third kappa shape index (κ3) is 6.60. The Morgan fingerprint density at radius 3 is 2.08 bits per heavy atom. The van der Waals surface area contributed by atoms with Gasteiger partial charge in [0.05, 0.1) is 13.2 Å². The molecule has 68 valence electrons. The Morgan fingerprint density at radius 2 is 1.92 bits per heavy atom. The third-order valence-electron chi connectivity index (χ3n) is 0.903. The van der Waals surface area contributed by atoms with Crippen molar-refractivity contribution in [3.63, 3.8) is 0 Å². The Hall–Kier alpha value is -1.52. The van der Waals surface area contributed by atoms with Crippen LogP contribution in [0.1, 0.15) is 6.42 Å². The van der Waals surface area contributed by atoms with Gasteiger partial charge in [-0.05, 0) is 0 Å². The second-order valence-corrected chi connectivity index (χ2v) is 1.84. The van der Waals surface area contributed by atoms with Crippen LogP contribution in [-0.4, -0.2) is 30.4 Å². The molecule has 1 saturated heterocycles. The summed E-state index contributed by atoms with van der Waals surface area (Å²) in [6, 6.07) is 0. The fraction of sp³-hybridized carbons (Fsp3) is 0.429. The minimum atomic E-state index is -0.981. The van der Waals surface area contributed by atoms with Gasteiger partial charge in [-0.25, -0.2) is 9.59 Å². The molecule has 0 aromatic carbocycles. The Morgan fingerprint density at radius 1 is 1.50 bits per heavy atom. The van der Waals surface area contributed by atoms with Crippen molar-refractivity contribution in [3.05, 3.63) is 12.7 Å². The van der Waals surface area contributed by atoms with Crippen LogP contribution in [-0.2, 0) is 14.3 Å². The number of carboxylic acid groups (broad SMARTS) is 1. The van der Waals surface area contributed by atoms with Crippen LogP contribution in [0.15, 0.2) is 12.7 Å². The van der Waals surface area contributed by atoms with Crippen LogP contribution < -0.4 is 0 Å². The zero-order valence-corrected chi connectivity index (χ0v) is 6.49. The highest BCUT2D eigenvalue weighted by Crippen LogP contribution is 1.95. The number of carboxylic acids is 1. The highest BCUT2D eigenvalue weighted by molar-refractivity contribution is 5.78. The summed E-state index contributed by atoms with van der Waals surface area (Å²) < 4.78 is 8.83. The number of aliphatic carboxylic acids is 1. The average Bonchev–Trinajstić information content (AvgIpc) is 2.07. The topological polar surface area (TPSA) is 72.8 Å². The standard InChI is InChI=1S/C4H6O3.C3H4O2/c5-4-6-2-1-3-7-4;1-2-3(4)5/h1-3H2;2H,1H2,(H,4,5). The molecule has 0 aromatic rings. The van der Waals surface area contributed by atoms with Crippen molar-refractivity contribution in [3.8, 4) is 0 Å². The predicted molar refractivity (Wildman–Crippen MR) is 39.7 cm³/mol. The van der Waals surface area contributed by atoms with Crippen molar-refractivity contribution >= 4 is 12.1 Å². The summed E-state index contributed by atoms with van der Waals surface area (Å²) in [7, 11) is 0. The number of rotatable bonds is 1. The number of carbonyl (C=O) groups excluding carboxylic acids is 1. The van der Waals surface area contributed by atoms with Gasteiger partial charge in [0.1, 0.15) is 0 Å². The van der Waals surface area contributed by atoms with E-state index in [9.17, 15) is 9.59 Å². The van der Waals surface area contributed by atoms with Gasteiger partial charge in [-0.3, -0.25) is 0 Å². The summed E-state index contributed by atoms with van der Waals surface area (Å²) in [6.07, 6.45) is 1.12. The van der Waals surface area contributed by atoms with Crippen molar-refractivity contribution in [2.45, 2.75) is 6.42 Å². The van der Waals surface area contributed by atoms with Gasteiger partial charge in [0.2, 0.25) is 0 Å². The number of cyclic esters (lactones) is 2. The lowest BCUT2D eigenvalue weighted by Gasteiger charge is -2.09. The second-order valence-electron chi connectivity index (χ2n) is 1.84. The molecular formula is C7H10O5. The van der Waals surface area contributed by atoms with Crippen molar-refractivity contribution < 1.29 is 24.2 Å². The van der Waals surface area contributed by atoms with E-state index in [1.807, 2.05) is 0 Å². The maximum atomic E-state index is 10.0. The normalized spacial score (nSPS) is 14.5. The highest BCUT2D eigenvalue weighted by atomic mass is 16.7. The molecule has 0 aliphatic carbocycles. The summed E-state index contributed by atoms with van der Waals surface area (Å²) >= 11 is 0. The molecule has 1 heterocycles. The Labute approximate surface area is 69.6 Å². The lowest BCUT2D eigenvalue weighted by atomic mass is 10.5. The fourth-order valence-corrected chi connectivity index (χ4v) is 0.412. The zero-order valence-electron chi connectivity index (χ0n) is 6.49. The van der Waals surface area contributed by atoms with E-state index in [1.54, 1.807) is 0 Å². The summed E-state index contributed by atoms with van der Waals surface area (Å²) in [5.74, 6) is -0.981. The fourth-order valence-electron chi connectivity index (χ4n) is 0.412. The first kappa shape index (κ1) is 10.5. The number of hydrogen-bond donors (Lipinski definition) is 1. The van der Waals surface area contributed by atoms with Crippen LogP contribution in [0, 0.1) is 0 Å². The molecule has 0 unspecified atom stereocenters. The first-order chi connectivity index (χ1) is 5.66. The highest BCUT2D eigenvalue weighted by Gasteiger charge is 2.07. The molecule has 0 aromatic heterocycles. The van der Waals surface area contributed by atoms with E-state index in [-0.39, 0.29) is 0 Å². The lowest BCUT2D eigenvalue weighted by molar-refractivity contribution is -0.131. The molecule has 0 bridgehead atoms. The van der Waals surface area contributed by atoms with Crippen LogP contribution in [0.4, 0.5) is 4.79 Å². The van der Waals surface area contributed by atoms with E-state index < -0.39 is 12.1 Å². The van der Waals surface area contributed by atoms with Gasteiger partial charge in [0.25, 0.3) is 0 Å². The molecule has 0 spiro atoms. The van der Waals surface area contributed by atoms with E-state index in [1.165, 1.54) is 0 Å². The quantitative estimate of drug-likeness (QED) is 0.470. The van der Waals surface area contributed by atoms with Crippen LogP contribution >= 0.6 is 0 Å². The monoisotopic (exact) mass is 174 g/mol. The summed E-state index contributed by atoms with van der Waals surface area (Å²) in [5, 5.41) is 7.60. The van der Waals surface area contributed by atoms with Gasteiger partial charge in [0.15, 0.2) is 0 Å². The Kier molecular flexibility index (Phi) is 5.42. The molecule has 1 aliphatic heterocycles. The second kappa shape index (κ2) is 6.21. The van der Waals surface area contributed by atoms with Gasteiger partial charge in [-0.2, -0.15) is 0 Å². The molecule has 1 rings (SSSR count). The van der Waals surface area contributed by atoms with Gasteiger partial charge >= 0.3 is 12.1 Å². The first-order valence-corrected chi connectivity index (χ1v) is 3.31. The molecule has 0 radical (unpaired) electrons. The lowest BCUT2D eigenvalue weighted by Crippen LogP contribution is -2.16. The van der Waals surface area contributed by atoms with Crippen LogP contribution in [0.2, 0.25) is 0 Å². The molecular weight excluding hydrogens is 164 g/mol. The van der Waals surface area contributed by atoms with Crippen LogP contribution in [0.3, 0.4) is 0 Å². The van der Waals surface area contributed by atoms with E-state index >= 15 is 0 Å². The van der Waals surface area contributed by atoms with Crippen LogP contribution in [0.25, 0.3) is 0 Å². The SMILES string of the molecule is C=CC(=O)O.O=C1OCCCO1. The molecule has 5 nitrogen and oxygen atoms in total. The van der Waals surface area contributed by atoms with Crippen molar-refractivity contribution in [2.24, 2.45) is 0 Å². The molecule has 1 N–H and O–H groups in total. The largest absolute Gasteiger partial charge is 0.508 e. The minimum absolute atomic E-state index is 0.513.